The molecule has 0 aliphatic carbocycles. The molecule has 0 saturated carbocycles. The van der Waals surface area contributed by atoms with E-state index in [1.807, 2.05) is 20.9 Å². The molecule has 0 fully saturated rings. The van der Waals surface area contributed by atoms with Crippen LogP contribution in [0.4, 0.5) is 4.39 Å². The molecular weight excluding hydrogens is 245 g/mol. The second-order valence-electron chi connectivity index (χ2n) is 5.67. The number of nitrogens with one attached hydrogen (secondary N) is 1. The zero-order chi connectivity index (χ0) is 14.0. The fourth-order valence-electron chi connectivity index (χ4n) is 2.55. The van der Waals surface area contributed by atoms with Gasteiger partial charge in [-0.2, -0.15) is 0 Å². The first kappa shape index (κ1) is 14.3. The molecule has 0 aromatic heterocycles. The molecule has 1 aromatic carbocycles. The number of benzene rings is 1. The molecule has 1 aromatic rings. The minimum absolute atomic E-state index is 0.0744. The van der Waals surface area contributed by atoms with Crippen LogP contribution >= 0.6 is 0 Å². The van der Waals surface area contributed by atoms with E-state index in [1.54, 1.807) is 19.2 Å². The van der Waals surface area contributed by atoms with E-state index < -0.39 is 0 Å². The van der Waals surface area contributed by atoms with Crippen LogP contribution in [0.25, 0.3) is 0 Å². The van der Waals surface area contributed by atoms with Crippen molar-refractivity contribution >= 4 is 0 Å². The van der Waals surface area contributed by atoms with E-state index in [4.69, 9.17) is 9.47 Å². The molecule has 0 amide bonds. The average molecular weight is 267 g/mol. The Balaban J connectivity index is 2.20. The molecule has 2 unspecified atom stereocenters. The van der Waals surface area contributed by atoms with Crippen molar-refractivity contribution < 1.29 is 13.9 Å². The number of fused-ring (bicyclic) bond motifs is 1. The molecule has 0 bridgehead atoms. The third kappa shape index (κ3) is 3.25. The summed E-state index contributed by atoms with van der Waals surface area (Å²) in [6.07, 6.45) is 1.70. The van der Waals surface area contributed by atoms with Crippen molar-refractivity contribution in [3.05, 3.63) is 29.6 Å². The van der Waals surface area contributed by atoms with Gasteiger partial charge in [0, 0.05) is 31.6 Å². The maximum absolute atomic E-state index is 13.3. The second-order valence-corrected chi connectivity index (χ2v) is 5.67. The zero-order valence-corrected chi connectivity index (χ0v) is 12.0. The Hall–Kier alpha value is -1.13. The van der Waals surface area contributed by atoms with Crippen molar-refractivity contribution in [2.45, 2.75) is 44.4 Å². The smallest absolute Gasteiger partial charge is 0.124 e. The highest BCUT2D eigenvalue weighted by Gasteiger charge is 2.32. The molecule has 106 valence electrons. The van der Waals surface area contributed by atoms with Gasteiger partial charge >= 0.3 is 0 Å². The van der Waals surface area contributed by atoms with Gasteiger partial charge in [0.05, 0.1) is 5.60 Å². The Kier molecular flexibility index (Phi) is 4.11. The lowest BCUT2D eigenvalue weighted by atomic mass is 9.90. The zero-order valence-electron chi connectivity index (χ0n) is 12.0. The SMILES string of the molecule is CNC1CC(CC(C)(C)OC)Oc2ccc(F)cc21. The second kappa shape index (κ2) is 5.47. The largest absolute Gasteiger partial charge is 0.490 e. The topological polar surface area (TPSA) is 30.5 Å². The lowest BCUT2D eigenvalue weighted by Gasteiger charge is -2.36. The van der Waals surface area contributed by atoms with Crippen LogP contribution in [0.15, 0.2) is 18.2 Å². The van der Waals surface area contributed by atoms with Crippen LogP contribution in [0.3, 0.4) is 0 Å². The monoisotopic (exact) mass is 267 g/mol. The van der Waals surface area contributed by atoms with Crippen molar-refractivity contribution in [3.8, 4) is 5.75 Å². The molecular formula is C15H22FNO2. The molecule has 1 aliphatic rings. The molecule has 1 heterocycles. The molecule has 0 radical (unpaired) electrons. The fourth-order valence-corrected chi connectivity index (χ4v) is 2.55. The summed E-state index contributed by atoms with van der Waals surface area (Å²) in [5.41, 5.74) is 0.675. The van der Waals surface area contributed by atoms with E-state index in [2.05, 4.69) is 5.32 Å². The van der Waals surface area contributed by atoms with Crippen molar-refractivity contribution in [1.82, 2.24) is 5.32 Å². The number of halogens is 1. The maximum Gasteiger partial charge on any atom is 0.124 e. The number of hydrogen-bond acceptors (Lipinski definition) is 3. The summed E-state index contributed by atoms with van der Waals surface area (Å²) in [7, 11) is 3.60. The van der Waals surface area contributed by atoms with Gasteiger partial charge in [-0.05, 0) is 39.1 Å². The predicted octanol–water partition coefficient (Wildman–Crippen LogP) is 3.05. The van der Waals surface area contributed by atoms with Crippen molar-refractivity contribution in [2.24, 2.45) is 0 Å². The first-order valence-corrected chi connectivity index (χ1v) is 6.63. The molecule has 0 spiro atoms. The average Bonchev–Trinajstić information content (AvgIpc) is 2.38. The van der Waals surface area contributed by atoms with Gasteiger partial charge in [0.25, 0.3) is 0 Å². The summed E-state index contributed by atoms with van der Waals surface area (Å²) in [5, 5.41) is 3.23. The van der Waals surface area contributed by atoms with Crippen molar-refractivity contribution in [1.29, 1.82) is 0 Å². The van der Waals surface area contributed by atoms with E-state index in [-0.39, 0.29) is 23.6 Å². The molecule has 19 heavy (non-hydrogen) atoms. The van der Waals surface area contributed by atoms with E-state index in [0.29, 0.717) is 0 Å². The van der Waals surface area contributed by atoms with Gasteiger partial charge in [-0.1, -0.05) is 0 Å². The Morgan fingerprint density at radius 1 is 1.47 bits per heavy atom. The Labute approximate surface area is 114 Å². The molecule has 4 heteroatoms. The number of ether oxygens (including phenoxy) is 2. The molecule has 1 aliphatic heterocycles. The van der Waals surface area contributed by atoms with Crippen LogP contribution in [-0.2, 0) is 4.74 Å². The van der Waals surface area contributed by atoms with Crippen LogP contribution in [0.5, 0.6) is 5.75 Å². The van der Waals surface area contributed by atoms with E-state index in [9.17, 15) is 4.39 Å². The summed E-state index contributed by atoms with van der Waals surface area (Å²) in [5.74, 6) is 0.544. The fraction of sp³-hybridized carbons (Fsp3) is 0.600. The number of hydrogen-bond donors (Lipinski definition) is 1. The first-order chi connectivity index (χ1) is 8.95. The van der Waals surface area contributed by atoms with Crippen LogP contribution in [-0.4, -0.2) is 25.9 Å². The normalized spacial score (nSPS) is 22.8. The molecule has 2 rings (SSSR count). The third-order valence-corrected chi connectivity index (χ3v) is 3.76. The summed E-state index contributed by atoms with van der Waals surface area (Å²) in [4.78, 5) is 0. The number of methoxy groups -OCH3 is 1. The van der Waals surface area contributed by atoms with Crippen LogP contribution < -0.4 is 10.1 Å². The Morgan fingerprint density at radius 2 is 2.21 bits per heavy atom. The highest BCUT2D eigenvalue weighted by Crippen LogP contribution is 2.37. The van der Waals surface area contributed by atoms with E-state index in [1.165, 1.54) is 6.07 Å². The molecule has 0 saturated heterocycles. The Morgan fingerprint density at radius 3 is 2.84 bits per heavy atom. The molecule has 2 atom stereocenters. The predicted molar refractivity (Wildman–Crippen MR) is 72.9 cm³/mol. The van der Waals surface area contributed by atoms with Crippen LogP contribution in [0, 0.1) is 5.82 Å². The Bertz CT molecular complexity index is 448. The quantitative estimate of drug-likeness (QED) is 0.909. The van der Waals surface area contributed by atoms with E-state index >= 15 is 0 Å². The molecule has 3 nitrogen and oxygen atoms in total. The highest BCUT2D eigenvalue weighted by atomic mass is 19.1. The van der Waals surface area contributed by atoms with Gasteiger partial charge in [0.15, 0.2) is 0 Å². The minimum atomic E-state index is -0.224. The summed E-state index contributed by atoms with van der Waals surface area (Å²) < 4.78 is 24.7. The van der Waals surface area contributed by atoms with Gasteiger partial charge in [-0.15, -0.1) is 0 Å². The van der Waals surface area contributed by atoms with E-state index in [0.717, 1.165) is 24.2 Å². The van der Waals surface area contributed by atoms with Gasteiger partial charge in [-0.25, -0.2) is 4.39 Å². The minimum Gasteiger partial charge on any atom is -0.490 e. The van der Waals surface area contributed by atoms with Gasteiger partial charge in [0.2, 0.25) is 0 Å². The summed E-state index contributed by atoms with van der Waals surface area (Å²) >= 11 is 0. The van der Waals surface area contributed by atoms with Crippen molar-refractivity contribution in [2.75, 3.05) is 14.2 Å². The maximum atomic E-state index is 13.3. The number of rotatable bonds is 4. The summed E-state index contributed by atoms with van der Waals surface area (Å²) in [6, 6.07) is 4.82. The van der Waals surface area contributed by atoms with Gasteiger partial charge in [-0.3, -0.25) is 0 Å². The van der Waals surface area contributed by atoms with Crippen LogP contribution in [0.1, 0.15) is 38.3 Å². The van der Waals surface area contributed by atoms with Crippen molar-refractivity contribution in [3.63, 3.8) is 0 Å². The lowest BCUT2D eigenvalue weighted by molar-refractivity contribution is -0.0203. The first-order valence-electron chi connectivity index (χ1n) is 6.63. The standard InChI is InChI=1S/C15H22FNO2/c1-15(2,18-4)9-11-8-13(17-3)12-7-10(16)5-6-14(12)19-11/h5-7,11,13,17H,8-9H2,1-4H3. The van der Waals surface area contributed by atoms with Gasteiger partial charge in [0.1, 0.15) is 17.7 Å². The molecule has 1 N–H and O–H groups in total. The highest BCUT2D eigenvalue weighted by molar-refractivity contribution is 5.38. The lowest BCUT2D eigenvalue weighted by Crippen LogP contribution is -2.37. The summed E-state index contributed by atoms with van der Waals surface area (Å²) in [6.45, 7) is 4.09. The van der Waals surface area contributed by atoms with Crippen LogP contribution in [0.2, 0.25) is 0 Å². The van der Waals surface area contributed by atoms with Gasteiger partial charge < -0.3 is 14.8 Å². The third-order valence-electron chi connectivity index (χ3n) is 3.76.